The average Bonchev–Trinajstić information content (AvgIpc) is 2.55. The predicted octanol–water partition coefficient (Wildman–Crippen LogP) is 1.83. The molecule has 0 atom stereocenters. The Bertz CT molecular complexity index is 1080. The van der Waals surface area contributed by atoms with Crippen LogP contribution < -0.4 is 22.4 Å². The SMILES string of the molecule is NNc1cc2c(cc1F)c(=O)c(C(=O)O)cn2-c1ccc(N)cc1F. The normalized spacial score (nSPS) is 10.8. The number of rotatable bonds is 3. The van der Waals surface area contributed by atoms with E-state index in [2.05, 4.69) is 5.43 Å². The first-order valence-corrected chi connectivity index (χ1v) is 6.97. The van der Waals surface area contributed by atoms with Gasteiger partial charge in [0.25, 0.3) is 0 Å². The van der Waals surface area contributed by atoms with Crippen LogP contribution in [0.1, 0.15) is 10.4 Å². The van der Waals surface area contributed by atoms with E-state index < -0.39 is 28.6 Å². The smallest absolute Gasteiger partial charge is 0.341 e. The second-order valence-electron chi connectivity index (χ2n) is 5.25. The molecule has 9 heteroatoms. The van der Waals surface area contributed by atoms with Crippen molar-refractivity contribution in [2.45, 2.75) is 0 Å². The number of nitrogens with one attached hydrogen (secondary N) is 1. The molecule has 2 aromatic carbocycles. The van der Waals surface area contributed by atoms with Crippen molar-refractivity contribution in [1.82, 2.24) is 4.57 Å². The van der Waals surface area contributed by atoms with Crippen LogP contribution in [0.15, 0.2) is 41.3 Å². The molecule has 0 aliphatic rings. The number of aromatic nitrogens is 1. The highest BCUT2D eigenvalue weighted by Crippen LogP contribution is 2.25. The monoisotopic (exact) mass is 346 g/mol. The number of benzene rings is 2. The van der Waals surface area contributed by atoms with E-state index in [4.69, 9.17) is 11.6 Å². The summed E-state index contributed by atoms with van der Waals surface area (Å²) < 4.78 is 29.4. The number of nitrogen functional groups attached to an aromatic ring is 2. The summed E-state index contributed by atoms with van der Waals surface area (Å²) in [5.74, 6) is 2.13. The zero-order valence-electron chi connectivity index (χ0n) is 12.6. The minimum Gasteiger partial charge on any atom is -0.477 e. The standard InChI is InChI=1S/C16H12F2N4O3/c17-10-4-8-14(5-12(10)21-20)22(6-9(15(8)23)16(24)25)13-2-1-7(19)3-11(13)18/h1-6,21H,19-20H2,(H,24,25). The zero-order valence-corrected chi connectivity index (χ0v) is 12.6. The van der Waals surface area contributed by atoms with Gasteiger partial charge in [0.1, 0.15) is 17.2 Å². The molecule has 0 fully saturated rings. The molecule has 3 rings (SSSR count). The number of hydrogen-bond donors (Lipinski definition) is 4. The molecule has 128 valence electrons. The Morgan fingerprint density at radius 2 is 1.88 bits per heavy atom. The van der Waals surface area contributed by atoms with Crippen LogP contribution in [0.2, 0.25) is 0 Å². The molecule has 7 nitrogen and oxygen atoms in total. The zero-order chi connectivity index (χ0) is 18.3. The highest BCUT2D eigenvalue weighted by molar-refractivity contribution is 5.94. The topological polar surface area (TPSA) is 123 Å². The van der Waals surface area contributed by atoms with Gasteiger partial charge in [-0.3, -0.25) is 10.6 Å². The Morgan fingerprint density at radius 3 is 2.48 bits per heavy atom. The molecular weight excluding hydrogens is 334 g/mol. The third-order valence-electron chi connectivity index (χ3n) is 3.71. The lowest BCUT2D eigenvalue weighted by Gasteiger charge is -2.15. The molecule has 3 aromatic rings. The minimum absolute atomic E-state index is 0.0590. The second-order valence-corrected chi connectivity index (χ2v) is 5.25. The van der Waals surface area contributed by atoms with E-state index in [-0.39, 0.29) is 28.0 Å². The molecule has 0 unspecified atom stereocenters. The summed E-state index contributed by atoms with van der Waals surface area (Å²) in [7, 11) is 0. The molecule has 25 heavy (non-hydrogen) atoms. The largest absolute Gasteiger partial charge is 0.477 e. The van der Waals surface area contributed by atoms with Crippen molar-refractivity contribution in [2.24, 2.45) is 5.84 Å². The van der Waals surface area contributed by atoms with Crippen molar-refractivity contribution in [3.05, 3.63) is 63.9 Å². The number of pyridine rings is 1. The predicted molar refractivity (Wildman–Crippen MR) is 88.6 cm³/mol. The molecule has 0 bridgehead atoms. The first-order valence-electron chi connectivity index (χ1n) is 6.97. The van der Waals surface area contributed by atoms with Crippen molar-refractivity contribution in [2.75, 3.05) is 11.2 Å². The highest BCUT2D eigenvalue weighted by Gasteiger charge is 2.19. The molecular formula is C16H12F2N4O3. The van der Waals surface area contributed by atoms with Crippen LogP contribution in [0.25, 0.3) is 16.6 Å². The fraction of sp³-hybridized carbons (Fsp3) is 0. The number of fused-ring (bicyclic) bond motifs is 1. The Morgan fingerprint density at radius 1 is 1.16 bits per heavy atom. The van der Waals surface area contributed by atoms with Gasteiger partial charge in [-0.1, -0.05) is 0 Å². The van der Waals surface area contributed by atoms with Gasteiger partial charge in [-0.2, -0.15) is 0 Å². The summed E-state index contributed by atoms with van der Waals surface area (Å²) in [6, 6.07) is 5.82. The number of halogens is 2. The van der Waals surface area contributed by atoms with Gasteiger partial charge in [-0.15, -0.1) is 0 Å². The van der Waals surface area contributed by atoms with Crippen LogP contribution in [0, 0.1) is 11.6 Å². The number of nitrogens with two attached hydrogens (primary N) is 2. The van der Waals surface area contributed by atoms with E-state index in [0.717, 1.165) is 22.9 Å². The summed E-state index contributed by atoms with van der Waals surface area (Å²) >= 11 is 0. The van der Waals surface area contributed by atoms with Crippen LogP contribution in [0.4, 0.5) is 20.2 Å². The summed E-state index contributed by atoms with van der Waals surface area (Å²) in [6.45, 7) is 0. The minimum atomic E-state index is -1.52. The van der Waals surface area contributed by atoms with Crippen LogP contribution in [0.5, 0.6) is 0 Å². The number of carbonyl (C=O) groups is 1. The Kier molecular flexibility index (Phi) is 3.85. The van der Waals surface area contributed by atoms with E-state index >= 15 is 0 Å². The Labute approximate surface area is 139 Å². The van der Waals surface area contributed by atoms with Gasteiger partial charge >= 0.3 is 5.97 Å². The Balaban J connectivity index is 2.50. The first kappa shape index (κ1) is 16.4. The average molecular weight is 346 g/mol. The number of nitrogens with zero attached hydrogens (tertiary/aromatic N) is 1. The van der Waals surface area contributed by atoms with Gasteiger partial charge in [0, 0.05) is 17.3 Å². The Hall–Kier alpha value is -3.46. The maximum Gasteiger partial charge on any atom is 0.341 e. The third-order valence-corrected chi connectivity index (χ3v) is 3.71. The molecule has 1 aromatic heterocycles. The second kappa shape index (κ2) is 5.87. The van der Waals surface area contributed by atoms with Crippen LogP contribution in [0.3, 0.4) is 0 Å². The van der Waals surface area contributed by atoms with Gasteiger partial charge in [0.2, 0.25) is 5.43 Å². The van der Waals surface area contributed by atoms with Crippen LogP contribution in [-0.4, -0.2) is 15.6 Å². The molecule has 0 aliphatic carbocycles. The van der Waals surface area contributed by atoms with Gasteiger partial charge in [0.05, 0.1) is 16.9 Å². The van der Waals surface area contributed by atoms with Crippen molar-refractivity contribution in [3.63, 3.8) is 0 Å². The molecule has 0 spiro atoms. The van der Waals surface area contributed by atoms with E-state index in [1.165, 1.54) is 18.2 Å². The molecule has 6 N–H and O–H groups in total. The van der Waals surface area contributed by atoms with Crippen molar-refractivity contribution in [1.29, 1.82) is 0 Å². The maximum absolute atomic E-state index is 14.3. The van der Waals surface area contributed by atoms with Crippen LogP contribution >= 0.6 is 0 Å². The number of carboxylic acids is 1. The number of hydrogen-bond acceptors (Lipinski definition) is 5. The molecule has 0 amide bonds. The van der Waals surface area contributed by atoms with Crippen molar-refractivity contribution >= 4 is 28.2 Å². The quantitative estimate of drug-likeness (QED) is 0.326. The molecule has 0 saturated carbocycles. The van der Waals surface area contributed by atoms with Gasteiger partial charge in [-0.05, 0) is 30.3 Å². The summed E-state index contributed by atoms with van der Waals surface area (Å²) in [5.41, 5.74) is 6.17. The summed E-state index contributed by atoms with van der Waals surface area (Å²) in [5, 5.41) is 9.00. The fourth-order valence-electron chi connectivity index (χ4n) is 2.53. The van der Waals surface area contributed by atoms with E-state index in [1.807, 2.05) is 0 Å². The molecule has 0 radical (unpaired) electrons. The van der Waals surface area contributed by atoms with Crippen molar-refractivity contribution in [3.8, 4) is 5.69 Å². The number of anilines is 2. The number of aromatic carboxylic acids is 1. The van der Waals surface area contributed by atoms with E-state index in [9.17, 15) is 23.5 Å². The lowest BCUT2D eigenvalue weighted by molar-refractivity contribution is 0.0695. The van der Waals surface area contributed by atoms with Crippen LogP contribution in [-0.2, 0) is 0 Å². The fourth-order valence-corrected chi connectivity index (χ4v) is 2.53. The van der Waals surface area contributed by atoms with Gasteiger partial charge in [0.15, 0.2) is 0 Å². The van der Waals surface area contributed by atoms with Gasteiger partial charge in [-0.25, -0.2) is 13.6 Å². The lowest BCUT2D eigenvalue weighted by atomic mass is 10.1. The maximum atomic E-state index is 14.3. The number of hydrazine groups is 1. The summed E-state index contributed by atoms with van der Waals surface area (Å²) in [4.78, 5) is 23.7. The van der Waals surface area contributed by atoms with E-state index in [0.29, 0.717) is 0 Å². The first-order chi connectivity index (χ1) is 11.8. The number of carboxylic acid groups (broad SMARTS) is 1. The highest BCUT2D eigenvalue weighted by atomic mass is 19.1. The lowest BCUT2D eigenvalue weighted by Crippen LogP contribution is -2.19. The van der Waals surface area contributed by atoms with E-state index in [1.54, 1.807) is 0 Å². The summed E-state index contributed by atoms with van der Waals surface area (Å²) in [6.07, 6.45) is 0.972. The molecule has 0 aliphatic heterocycles. The van der Waals surface area contributed by atoms with Crippen molar-refractivity contribution < 1.29 is 18.7 Å². The molecule has 0 saturated heterocycles. The van der Waals surface area contributed by atoms with Gasteiger partial charge < -0.3 is 20.8 Å². The molecule has 1 heterocycles. The third kappa shape index (κ3) is 2.66.